The van der Waals surface area contributed by atoms with Gasteiger partial charge in [-0.15, -0.1) is 0 Å². The minimum atomic E-state index is -0.524. The summed E-state index contributed by atoms with van der Waals surface area (Å²) in [7, 11) is 1.64. The zero-order valence-corrected chi connectivity index (χ0v) is 23.1. The molecule has 4 aromatic rings. The molecule has 5 rings (SSSR count). The quantitative estimate of drug-likeness (QED) is 0.360. The van der Waals surface area contributed by atoms with Crippen LogP contribution in [0.4, 0.5) is 20.7 Å². The van der Waals surface area contributed by atoms with Crippen molar-refractivity contribution in [3.63, 3.8) is 0 Å². The van der Waals surface area contributed by atoms with Crippen molar-refractivity contribution < 1.29 is 18.7 Å². The van der Waals surface area contributed by atoms with Crippen molar-refractivity contribution in [1.29, 1.82) is 0 Å². The summed E-state index contributed by atoms with van der Waals surface area (Å²) in [6.45, 7) is 8.09. The first kappa shape index (κ1) is 27.0. The topological polar surface area (TPSA) is 98.7 Å². The van der Waals surface area contributed by atoms with Crippen LogP contribution < -0.4 is 15.4 Å². The van der Waals surface area contributed by atoms with Crippen LogP contribution in [0.2, 0.25) is 0 Å². The van der Waals surface area contributed by atoms with Crippen molar-refractivity contribution in [2.75, 3.05) is 43.9 Å². The number of benzene rings is 2. The number of halogens is 1. The number of carbonyl (C=O) groups is 1. The van der Waals surface area contributed by atoms with Crippen molar-refractivity contribution in [2.24, 2.45) is 0 Å². The SMILES string of the molecule is COc1cc(N2CCN(C(=O)OC(C)(C)C)CC2)ccc1-c1cnc(N)cc1-c1ccnn1-c1ccc(F)cc1. The van der Waals surface area contributed by atoms with Crippen molar-refractivity contribution in [2.45, 2.75) is 26.4 Å². The zero-order valence-electron chi connectivity index (χ0n) is 23.1. The molecule has 0 bridgehead atoms. The average molecular weight is 545 g/mol. The number of piperazine rings is 1. The molecular weight excluding hydrogens is 511 g/mol. The second kappa shape index (κ2) is 10.9. The maximum Gasteiger partial charge on any atom is 0.410 e. The van der Waals surface area contributed by atoms with Crippen LogP contribution in [0.25, 0.3) is 28.1 Å². The third-order valence-corrected chi connectivity index (χ3v) is 6.69. The van der Waals surface area contributed by atoms with Crippen molar-refractivity contribution in [3.8, 4) is 33.8 Å². The highest BCUT2D eigenvalue weighted by Crippen LogP contribution is 2.40. The average Bonchev–Trinajstić information content (AvgIpc) is 3.42. The monoisotopic (exact) mass is 544 g/mol. The number of amides is 1. The molecule has 2 aromatic carbocycles. The minimum Gasteiger partial charge on any atom is -0.496 e. The Morgan fingerprint density at radius 1 is 0.925 bits per heavy atom. The van der Waals surface area contributed by atoms with Crippen molar-refractivity contribution in [1.82, 2.24) is 19.7 Å². The van der Waals surface area contributed by atoms with Crippen LogP contribution in [0.5, 0.6) is 5.75 Å². The van der Waals surface area contributed by atoms with Crippen molar-refractivity contribution >= 4 is 17.6 Å². The molecule has 1 aliphatic heterocycles. The highest BCUT2D eigenvalue weighted by molar-refractivity contribution is 5.87. The largest absolute Gasteiger partial charge is 0.496 e. The van der Waals surface area contributed by atoms with E-state index >= 15 is 0 Å². The standard InChI is InChI=1S/C30H33FN6O3/c1-30(2,3)40-29(38)36-15-13-35(14-16-36)22-9-10-23(27(17-22)39-4)25-19-33-28(32)18-24(25)26-11-12-34-37(26)21-7-5-20(31)6-8-21/h5-12,17-19H,13-16H2,1-4H3,(H2,32,33). The highest BCUT2D eigenvalue weighted by Gasteiger charge is 2.26. The van der Waals surface area contributed by atoms with Crippen LogP contribution in [0.15, 0.2) is 67.0 Å². The minimum absolute atomic E-state index is 0.289. The fourth-order valence-electron chi connectivity index (χ4n) is 4.77. The maximum absolute atomic E-state index is 13.6. The van der Waals surface area contributed by atoms with Gasteiger partial charge in [-0.3, -0.25) is 0 Å². The molecule has 40 heavy (non-hydrogen) atoms. The molecule has 10 heteroatoms. The molecule has 3 heterocycles. The summed E-state index contributed by atoms with van der Waals surface area (Å²) in [4.78, 5) is 20.8. The lowest BCUT2D eigenvalue weighted by atomic mass is 9.98. The predicted octanol–water partition coefficient (Wildman–Crippen LogP) is 5.39. The Morgan fingerprint density at radius 3 is 2.30 bits per heavy atom. The second-order valence-electron chi connectivity index (χ2n) is 10.6. The number of nitrogens with two attached hydrogens (primary N) is 1. The molecule has 2 N–H and O–H groups in total. The molecule has 208 valence electrons. The Hall–Kier alpha value is -4.60. The van der Waals surface area contributed by atoms with Gasteiger partial charge in [-0.2, -0.15) is 5.10 Å². The Balaban J connectivity index is 1.44. The van der Waals surface area contributed by atoms with Gasteiger partial charge in [-0.25, -0.2) is 18.9 Å². The summed E-state index contributed by atoms with van der Waals surface area (Å²) in [6.07, 6.45) is 3.13. The lowest BCUT2D eigenvalue weighted by Gasteiger charge is -2.37. The number of methoxy groups -OCH3 is 1. The van der Waals surface area contributed by atoms with Crippen LogP contribution in [-0.4, -0.2) is 64.6 Å². The Kier molecular flexibility index (Phi) is 7.34. The van der Waals surface area contributed by atoms with Gasteiger partial charge in [0.1, 0.15) is 23.0 Å². The molecule has 1 saturated heterocycles. The van der Waals surface area contributed by atoms with E-state index in [4.69, 9.17) is 15.2 Å². The third kappa shape index (κ3) is 5.70. The molecule has 0 aliphatic carbocycles. The number of pyridine rings is 1. The lowest BCUT2D eigenvalue weighted by Crippen LogP contribution is -2.50. The molecule has 1 aliphatic rings. The fourth-order valence-corrected chi connectivity index (χ4v) is 4.77. The number of anilines is 2. The van der Waals surface area contributed by atoms with Gasteiger partial charge in [0, 0.05) is 60.8 Å². The summed E-state index contributed by atoms with van der Waals surface area (Å²) in [5, 5.41) is 4.47. The summed E-state index contributed by atoms with van der Waals surface area (Å²) in [5.41, 5.74) is 10.5. The van der Waals surface area contributed by atoms with Crippen LogP contribution in [0, 0.1) is 5.82 Å². The first-order chi connectivity index (χ1) is 19.1. The lowest BCUT2D eigenvalue weighted by molar-refractivity contribution is 0.0240. The van der Waals surface area contributed by atoms with E-state index in [1.54, 1.807) is 47.3 Å². The van der Waals surface area contributed by atoms with Gasteiger partial charge >= 0.3 is 6.09 Å². The van der Waals surface area contributed by atoms with E-state index in [2.05, 4.69) is 15.0 Å². The Bertz CT molecular complexity index is 1500. The van der Waals surface area contributed by atoms with E-state index in [0.717, 1.165) is 33.8 Å². The van der Waals surface area contributed by atoms with Gasteiger partial charge in [0.15, 0.2) is 0 Å². The summed E-state index contributed by atoms with van der Waals surface area (Å²) in [6, 6.07) is 15.9. The number of hydrogen-bond acceptors (Lipinski definition) is 7. The van der Waals surface area contributed by atoms with Gasteiger partial charge < -0.3 is 25.0 Å². The molecule has 0 atom stereocenters. The van der Waals surface area contributed by atoms with Gasteiger partial charge in [0.05, 0.1) is 24.7 Å². The summed E-state index contributed by atoms with van der Waals surface area (Å²) < 4.78 is 26.7. The molecule has 1 amide bonds. The van der Waals surface area contributed by atoms with Crippen LogP contribution >= 0.6 is 0 Å². The number of aromatic nitrogens is 3. The number of nitrogens with zero attached hydrogens (tertiary/aromatic N) is 5. The summed E-state index contributed by atoms with van der Waals surface area (Å²) >= 11 is 0. The van der Waals surface area contributed by atoms with E-state index in [9.17, 15) is 9.18 Å². The molecule has 0 radical (unpaired) electrons. The second-order valence-corrected chi connectivity index (χ2v) is 10.6. The number of rotatable bonds is 5. The van der Waals surface area contributed by atoms with E-state index < -0.39 is 5.60 Å². The first-order valence-corrected chi connectivity index (χ1v) is 13.1. The third-order valence-electron chi connectivity index (χ3n) is 6.69. The fraction of sp³-hybridized carbons (Fsp3) is 0.300. The maximum atomic E-state index is 13.6. The molecule has 9 nitrogen and oxygen atoms in total. The van der Waals surface area contributed by atoms with Crippen molar-refractivity contribution in [3.05, 3.63) is 72.8 Å². The van der Waals surface area contributed by atoms with Gasteiger partial charge in [0.2, 0.25) is 0 Å². The zero-order chi connectivity index (χ0) is 28.4. The first-order valence-electron chi connectivity index (χ1n) is 13.1. The predicted molar refractivity (Wildman–Crippen MR) is 153 cm³/mol. The van der Waals surface area contributed by atoms with Crippen LogP contribution in [0.3, 0.4) is 0 Å². The van der Waals surface area contributed by atoms with E-state index in [-0.39, 0.29) is 11.9 Å². The van der Waals surface area contributed by atoms with E-state index in [1.165, 1.54) is 12.1 Å². The highest BCUT2D eigenvalue weighted by atomic mass is 19.1. The van der Waals surface area contributed by atoms with Gasteiger partial charge in [-0.1, -0.05) is 0 Å². The van der Waals surface area contributed by atoms with Gasteiger partial charge in [0.25, 0.3) is 0 Å². The number of hydrogen-bond donors (Lipinski definition) is 1. The van der Waals surface area contributed by atoms with E-state index in [0.29, 0.717) is 37.7 Å². The normalized spacial score (nSPS) is 13.8. The molecule has 1 fully saturated rings. The molecule has 0 spiro atoms. The van der Waals surface area contributed by atoms with E-state index in [1.807, 2.05) is 45.0 Å². The number of nitrogen functional groups attached to an aromatic ring is 1. The smallest absolute Gasteiger partial charge is 0.410 e. The molecular formula is C30H33FN6O3. The van der Waals surface area contributed by atoms with Crippen LogP contribution in [0.1, 0.15) is 20.8 Å². The molecule has 2 aromatic heterocycles. The molecule has 0 saturated carbocycles. The van der Waals surface area contributed by atoms with Crippen LogP contribution in [-0.2, 0) is 4.74 Å². The molecule has 0 unspecified atom stereocenters. The summed E-state index contributed by atoms with van der Waals surface area (Å²) in [5.74, 6) is 0.721. The van der Waals surface area contributed by atoms with Gasteiger partial charge in [-0.05, 0) is 69.3 Å². The number of ether oxygens (including phenoxy) is 2. The Labute approximate surface area is 232 Å². The Morgan fingerprint density at radius 2 is 1.62 bits per heavy atom. The number of carbonyl (C=O) groups excluding carboxylic acids is 1.